The number of fused-ring (bicyclic) bond motifs is 1. The minimum absolute atomic E-state index is 0.00342. The van der Waals surface area contributed by atoms with E-state index in [-0.39, 0.29) is 24.1 Å². The molecule has 1 aliphatic heterocycles. The van der Waals surface area contributed by atoms with Gasteiger partial charge in [0.15, 0.2) is 0 Å². The summed E-state index contributed by atoms with van der Waals surface area (Å²) in [5, 5.41) is 22.9. The Morgan fingerprint density at radius 3 is 2.69 bits per heavy atom. The average molecular weight is 477 g/mol. The van der Waals surface area contributed by atoms with Gasteiger partial charge >= 0.3 is 0 Å². The van der Waals surface area contributed by atoms with Crippen molar-refractivity contribution in [3.05, 3.63) is 63.6 Å². The number of likely N-dealkylation sites (N-methyl/N-ethyl adjacent to an activating group) is 2. The van der Waals surface area contributed by atoms with Gasteiger partial charge < -0.3 is 20.0 Å². The maximum atomic E-state index is 13.1. The number of rotatable bonds is 4. The van der Waals surface area contributed by atoms with Crippen LogP contribution in [-0.4, -0.2) is 64.7 Å². The molecule has 1 heterocycles. The molecule has 0 radical (unpaired) electrons. The Kier molecular flexibility index (Phi) is 6.47. The summed E-state index contributed by atoms with van der Waals surface area (Å²) in [6.07, 6.45) is 3.01. The van der Waals surface area contributed by atoms with E-state index in [4.69, 9.17) is 23.2 Å². The fourth-order valence-corrected chi connectivity index (χ4v) is 5.95. The summed E-state index contributed by atoms with van der Waals surface area (Å²) < 4.78 is 0. The SMILES string of the molecule is CN1CCC2(c3cccc(O)c3)CC(N(C)C(=O)Cc3ccc(Cl)c(Cl)c3)CCC2(O)C1. The van der Waals surface area contributed by atoms with E-state index >= 15 is 0 Å². The molecule has 2 N–H and O–H groups in total. The van der Waals surface area contributed by atoms with Crippen LogP contribution < -0.4 is 0 Å². The molecule has 5 nitrogen and oxygen atoms in total. The van der Waals surface area contributed by atoms with Crippen molar-refractivity contribution in [2.45, 2.75) is 49.2 Å². The van der Waals surface area contributed by atoms with Crippen molar-refractivity contribution in [3.8, 4) is 5.75 Å². The van der Waals surface area contributed by atoms with Gasteiger partial charge in [0.25, 0.3) is 0 Å². The zero-order valence-electron chi connectivity index (χ0n) is 18.5. The zero-order chi connectivity index (χ0) is 23.1. The number of aromatic hydroxyl groups is 1. The first-order chi connectivity index (χ1) is 15.1. The van der Waals surface area contributed by atoms with E-state index in [0.29, 0.717) is 29.4 Å². The number of hydrogen-bond donors (Lipinski definition) is 2. The van der Waals surface area contributed by atoms with Crippen LogP contribution in [0.4, 0.5) is 0 Å². The molecular formula is C25H30Cl2N2O3. The number of benzene rings is 2. The number of carbonyl (C=O) groups excluding carboxylic acids is 1. The highest BCUT2D eigenvalue weighted by molar-refractivity contribution is 6.42. The van der Waals surface area contributed by atoms with E-state index in [1.165, 1.54) is 0 Å². The number of halogens is 2. The molecule has 2 fully saturated rings. The molecule has 0 spiro atoms. The number of phenolic OH excluding ortho intramolecular Hbond substituents is 1. The summed E-state index contributed by atoms with van der Waals surface area (Å²) in [6, 6.07) is 12.5. The van der Waals surface area contributed by atoms with E-state index in [1.54, 1.807) is 24.3 Å². The summed E-state index contributed by atoms with van der Waals surface area (Å²) in [5.41, 5.74) is 0.352. The largest absolute Gasteiger partial charge is 0.508 e. The number of amides is 1. The predicted molar refractivity (Wildman–Crippen MR) is 127 cm³/mol. The molecule has 1 saturated heterocycles. The second-order valence-electron chi connectivity index (χ2n) is 9.48. The predicted octanol–water partition coefficient (Wildman–Crippen LogP) is 4.26. The van der Waals surface area contributed by atoms with E-state index < -0.39 is 11.0 Å². The van der Waals surface area contributed by atoms with Crippen LogP contribution in [0, 0.1) is 0 Å². The van der Waals surface area contributed by atoms with Crippen LogP contribution in [0.2, 0.25) is 10.0 Å². The molecule has 1 saturated carbocycles. The molecular weight excluding hydrogens is 447 g/mol. The second-order valence-corrected chi connectivity index (χ2v) is 10.3. The van der Waals surface area contributed by atoms with Crippen molar-refractivity contribution in [2.75, 3.05) is 27.2 Å². The van der Waals surface area contributed by atoms with E-state index in [9.17, 15) is 15.0 Å². The van der Waals surface area contributed by atoms with Gasteiger partial charge in [-0.25, -0.2) is 0 Å². The fourth-order valence-electron chi connectivity index (χ4n) is 5.63. The molecule has 0 aromatic heterocycles. The van der Waals surface area contributed by atoms with Gasteiger partial charge in [0, 0.05) is 25.0 Å². The summed E-state index contributed by atoms with van der Waals surface area (Å²) in [5.74, 6) is 0.210. The maximum Gasteiger partial charge on any atom is 0.226 e. The summed E-state index contributed by atoms with van der Waals surface area (Å²) in [4.78, 5) is 17.1. The van der Waals surface area contributed by atoms with Crippen LogP contribution in [0.15, 0.2) is 42.5 Å². The Morgan fingerprint density at radius 2 is 1.97 bits per heavy atom. The number of β-amino-alcohol motifs (C(OH)–C–C–N with tert-alkyl or cyclic N) is 1. The topological polar surface area (TPSA) is 64.0 Å². The van der Waals surface area contributed by atoms with Gasteiger partial charge in [-0.2, -0.15) is 0 Å². The van der Waals surface area contributed by atoms with E-state index in [0.717, 1.165) is 30.5 Å². The lowest BCUT2D eigenvalue weighted by Gasteiger charge is -2.58. The van der Waals surface area contributed by atoms with Crippen LogP contribution in [-0.2, 0) is 16.6 Å². The fraction of sp³-hybridized carbons (Fsp3) is 0.480. The minimum atomic E-state index is -0.905. The third-order valence-corrected chi connectivity index (χ3v) is 8.24. The minimum Gasteiger partial charge on any atom is -0.508 e. The first-order valence-electron chi connectivity index (χ1n) is 11.0. The van der Waals surface area contributed by atoms with Crippen LogP contribution in [0.1, 0.15) is 36.8 Å². The van der Waals surface area contributed by atoms with Gasteiger partial charge in [0.05, 0.1) is 22.1 Å². The highest BCUT2D eigenvalue weighted by Gasteiger charge is 2.57. The molecule has 0 bridgehead atoms. The number of hydrogen-bond acceptors (Lipinski definition) is 4. The van der Waals surface area contributed by atoms with Crippen molar-refractivity contribution < 1.29 is 15.0 Å². The number of aliphatic hydroxyl groups is 1. The molecule has 172 valence electrons. The first-order valence-corrected chi connectivity index (χ1v) is 11.8. The molecule has 4 rings (SSSR count). The average Bonchev–Trinajstić information content (AvgIpc) is 2.75. The monoisotopic (exact) mass is 476 g/mol. The van der Waals surface area contributed by atoms with Crippen LogP contribution in [0.25, 0.3) is 0 Å². The number of carbonyl (C=O) groups is 1. The zero-order valence-corrected chi connectivity index (χ0v) is 20.0. The molecule has 1 amide bonds. The molecule has 2 aromatic carbocycles. The highest BCUT2D eigenvalue weighted by Crippen LogP contribution is 2.52. The Hall–Kier alpha value is -1.79. The number of phenols is 1. The first kappa shape index (κ1) is 23.4. The molecule has 2 aromatic rings. The van der Waals surface area contributed by atoms with Gasteiger partial charge in [-0.3, -0.25) is 4.79 Å². The quantitative estimate of drug-likeness (QED) is 0.691. The number of nitrogens with zero attached hydrogens (tertiary/aromatic N) is 2. The Morgan fingerprint density at radius 1 is 1.19 bits per heavy atom. The van der Waals surface area contributed by atoms with E-state index in [1.807, 2.05) is 37.2 Å². The van der Waals surface area contributed by atoms with E-state index in [2.05, 4.69) is 4.90 Å². The summed E-state index contributed by atoms with van der Waals surface area (Å²) >= 11 is 12.1. The van der Waals surface area contributed by atoms with Gasteiger partial charge in [0.1, 0.15) is 5.75 Å². The van der Waals surface area contributed by atoms with Crippen molar-refractivity contribution >= 4 is 29.1 Å². The van der Waals surface area contributed by atoms with Gasteiger partial charge in [-0.05, 0) is 74.7 Å². The molecule has 3 atom stereocenters. The maximum absolute atomic E-state index is 13.1. The molecule has 1 aliphatic carbocycles. The van der Waals surface area contributed by atoms with Crippen molar-refractivity contribution in [1.29, 1.82) is 0 Å². The Balaban J connectivity index is 1.60. The second kappa shape index (κ2) is 8.86. The molecule has 2 aliphatic rings. The number of piperidine rings is 1. The van der Waals surface area contributed by atoms with Gasteiger partial charge in [-0.15, -0.1) is 0 Å². The smallest absolute Gasteiger partial charge is 0.226 e. The van der Waals surface area contributed by atoms with Gasteiger partial charge in [-0.1, -0.05) is 41.4 Å². The lowest BCUT2D eigenvalue weighted by Crippen LogP contribution is -2.66. The Labute approximate surface area is 199 Å². The van der Waals surface area contributed by atoms with Gasteiger partial charge in [0.2, 0.25) is 5.91 Å². The third kappa shape index (κ3) is 4.24. The normalized spacial score (nSPS) is 28.2. The van der Waals surface area contributed by atoms with Crippen molar-refractivity contribution in [3.63, 3.8) is 0 Å². The van der Waals surface area contributed by atoms with Crippen LogP contribution in [0.3, 0.4) is 0 Å². The van der Waals surface area contributed by atoms with Crippen LogP contribution >= 0.6 is 23.2 Å². The molecule has 3 unspecified atom stereocenters. The molecule has 7 heteroatoms. The number of likely N-dealkylation sites (tertiary alicyclic amines) is 1. The lowest BCUT2D eigenvalue weighted by atomic mass is 9.55. The summed E-state index contributed by atoms with van der Waals surface area (Å²) in [7, 11) is 3.88. The standard InChI is InChI=1S/C25H30Cl2N2O3/c1-28-11-10-24(18-4-3-5-20(30)14-18)15-19(8-9-25(24,32)16-28)29(2)23(31)13-17-6-7-21(26)22(27)12-17/h3-7,12,14,19,30,32H,8-11,13,15-16H2,1-2H3. The van der Waals surface area contributed by atoms with Crippen LogP contribution in [0.5, 0.6) is 5.75 Å². The van der Waals surface area contributed by atoms with Crippen molar-refractivity contribution in [2.24, 2.45) is 0 Å². The lowest BCUT2D eigenvalue weighted by molar-refractivity contribution is -0.145. The Bertz CT molecular complexity index is 1020. The summed E-state index contributed by atoms with van der Waals surface area (Å²) in [6.45, 7) is 1.43. The third-order valence-electron chi connectivity index (χ3n) is 7.50. The highest BCUT2D eigenvalue weighted by atomic mass is 35.5. The van der Waals surface area contributed by atoms with Crippen molar-refractivity contribution in [1.82, 2.24) is 9.80 Å². The molecule has 32 heavy (non-hydrogen) atoms.